The van der Waals surface area contributed by atoms with E-state index in [-0.39, 0.29) is 25.6 Å². The predicted molar refractivity (Wildman–Crippen MR) is 63.0 cm³/mol. The van der Waals surface area contributed by atoms with Crippen LogP contribution < -0.4 is 5.32 Å². The van der Waals surface area contributed by atoms with Gasteiger partial charge in [-0.3, -0.25) is 14.6 Å². The maximum absolute atomic E-state index is 11.3. The molecule has 0 radical (unpaired) electrons. The summed E-state index contributed by atoms with van der Waals surface area (Å²) in [4.78, 5) is 20.3. The van der Waals surface area contributed by atoms with Gasteiger partial charge < -0.3 is 15.3 Å². The van der Waals surface area contributed by atoms with Crippen molar-refractivity contribution in [1.82, 2.24) is 10.4 Å². The molecule has 0 bridgehead atoms. The molecule has 1 amide bonds. The van der Waals surface area contributed by atoms with Crippen molar-refractivity contribution in [2.24, 2.45) is 5.92 Å². The van der Waals surface area contributed by atoms with Crippen LogP contribution >= 0.6 is 7.37 Å². The Hall–Kier alpha value is -0.460. The lowest BCUT2D eigenvalue weighted by Gasteiger charge is -2.18. The minimum absolute atomic E-state index is 0.142. The lowest BCUT2D eigenvalue weighted by Crippen LogP contribution is -2.40. The molecule has 102 valence electrons. The number of nitrogens with one attached hydrogen (secondary N) is 1. The van der Waals surface area contributed by atoms with Crippen molar-refractivity contribution in [1.29, 1.82) is 0 Å². The zero-order valence-corrected chi connectivity index (χ0v) is 11.2. The Bertz CT molecular complexity index is 291. The Balaban J connectivity index is 3.90. The van der Waals surface area contributed by atoms with Crippen molar-refractivity contribution >= 4 is 13.3 Å². The van der Waals surface area contributed by atoms with Crippen LogP contribution in [0.4, 0.5) is 0 Å². The van der Waals surface area contributed by atoms with Gasteiger partial charge in [0.2, 0.25) is 7.37 Å². The van der Waals surface area contributed by atoms with Gasteiger partial charge in [-0.15, -0.1) is 0 Å². The van der Waals surface area contributed by atoms with Gasteiger partial charge in [0.25, 0.3) is 5.91 Å². The van der Waals surface area contributed by atoms with Crippen LogP contribution in [0.25, 0.3) is 0 Å². The quantitative estimate of drug-likeness (QED) is 0.286. The average Bonchev–Trinajstić information content (AvgIpc) is 2.14. The average molecular weight is 268 g/mol. The van der Waals surface area contributed by atoms with E-state index in [1.165, 1.54) is 0 Å². The van der Waals surface area contributed by atoms with Crippen LogP contribution in [0.15, 0.2) is 0 Å². The van der Waals surface area contributed by atoms with Gasteiger partial charge >= 0.3 is 0 Å². The summed E-state index contributed by atoms with van der Waals surface area (Å²) in [5, 5.41) is 21.6. The van der Waals surface area contributed by atoms with Gasteiger partial charge in [0.05, 0.1) is 13.1 Å². The fourth-order valence-corrected chi connectivity index (χ4v) is 1.48. The largest absolute Gasteiger partial charge is 0.382 e. The van der Waals surface area contributed by atoms with Crippen molar-refractivity contribution in [2.75, 3.05) is 26.3 Å². The summed E-state index contributed by atoms with van der Waals surface area (Å²) < 4.78 is 11.0. The molecule has 0 aromatic carbocycles. The van der Waals surface area contributed by atoms with Crippen molar-refractivity contribution in [3.05, 3.63) is 0 Å². The second kappa shape index (κ2) is 7.08. The Morgan fingerprint density at radius 1 is 1.47 bits per heavy atom. The number of nitrogens with zero attached hydrogens (tertiary/aromatic N) is 1. The molecular weight excluding hydrogens is 247 g/mol. The molecule has 2 unspecified atom stereocenters. The number of rotatable bonds is 7. The van der Waals surface area contributed by atoms with Crippen LogP contribution in [0.3, 0.4) is 0 Å². The third-order valence-electron chi connectivity index (χ3n) is 1.98. The van der Waals surface area contributed by atoms with Crippen LogP contribution in [0.5, 0.6) is 0 Å². The third kappa shape index (κ3) is 7.46. The molecule has 0 aliphatic rings. The zero-order chi connectivity index (χ0) is 13.6. The van der Waals surface area contributed by atoms with Gasteiger partial charge in [0.15, 0.2) is 0 Å². The van der Waals surface area contributed by atoms with Gasteiger partial charge in [-0.25, -0.2) is 5.06 Å². The number of carbonyl (C=O) groups excluding carboxylic acids is 1. The summed E-state index contributed by atoms with van der Waals surface area (Å²) in [5.41, 5.74) is 0. The summed E-state index contributed by atoms with van der Waals surface area (Å²) in [6.45, 7) is 4.60. The molecule has 4 N–H and O–H groups in total. The van der Waals surface area contributed by atoms with E-state index in [9.17, 15) is 19.7 Å². The zero-order valence-electron chi connectivity index (χ0n) is 10.3. The molecule has 0 rings (SSSR count). The van der Waals surface area contributed by atoms with Crippen molar-refractivity contribution in [3.8, 4) is 0 Å². The molecule has 17 heavy (non-hydrogen) atoms. The smallest absolute Gasteiger partial charge is 0.259 e. The Labute approximate surface area is 101 Å². The number of amides is 1. The highest BCUT2D eigenvalue weighted by atomic mass is 31.2. The topological polar surface area (TPSA) is 110 Å². The highest BCUT2D eigenvalue weighted by Gasteiger charge is 2.22. The molecule has 0 aliphatic carbocycles. The monoisotopic (exact) mass is 268 g/mol. The van der Waals surface area contributed by atoms with Crippen molar-refractivity contribution in [2.45, 2.75) is 19.7 Å². The lowest BCUT2D eigenvalue weighted by atomic mass is 10.2. The van der Waals surface area contributed by atoms with E-state index in [1.54, 1.807) is 0 Å². The van der Waals surface area contributed by atoms with Gasteiger partial charge in [-0.2, -0.15) is 0 Å². The number of hydrogen-bond acceptors (Lipinski definition) is 5. The number of aliphatic hydroxyl groups excluding tert-OH is 1. The maximum atomic E-state index is 11.3. The minimum atomic E-state index is -3.56. The van der Waals surface area contributed by atoms with Gasteiger partial charge in [0, 0.05) is 13.2 Å². The second-order valence-corrected chi connectivity index (χ2v) is 6.91. The van der Waals surface area contributed by atoms with E-state index in [0.29, 0.717) is 5.06 Å². The summed E-state index contributed by atoms with van der Waals surface area (Å²) >= 11 is 0. The first kappa shape index (κ1) is 16.5. The van der Waals surface area contributed by atoms with Gasteiger partial charge in [-0.1, -0.05) is 13.8 Å². The summed E-state index contributed by atoms with van der Waals surface area (Å²) in [6, 6.07) is 0. The van der Waals surface area contributed by atoms with E-state index in [1.807, 2.05) is 13.8 Å². The molecule has 8 heteroatoms. The standard InChI is InChI=1S/C9H21N2O5P/c1-7(2)6-11(14)8(12)4-10-5-9(13)17(3,15)16/h7,9-10,13-14H,4-6H2,1-3H3,(H,15,16). The van der Waals surface area contributed by atoms with E-state index in [0.717, 1.165) is 6.66 Å². The molecule has 7 nitrogen and oxygen atoms in total. The van der Waals surface area contributed by atoms with Crippen LogP contribution in [-0.2, 0) is 9.36 Å². The van der Waals surface area contributed by atoms with Crippen LogP contribution in [0, 0.1) is 5.92 Å². The molecule has 2 atom stereocenters. The van der Waals surface area contributed by atoms with E-state index < -0.39 is 19.1 Å². The molecule has 0 heterocycles. The first-order valence-electron chi connectivity index (χ1n) is 5.32. The van der Waals surface area contributed by atoms with Crippen LogP contribution in [-0.4, -0.2) is 58.3 Å². The number of carbonyl (C=O) groups is 1. The molecular formula is C9H21N2O5P. The van der Waals surface area contributed by atoms with E-state index >= 15 is 0 Å². The fourth-order valence-electron chi connectivity index (χ4n) is 1.02. The molecule has 0 spiro atoms. The molecule has 0 saturated heterocycles. The highest BCUT2D eigenvalue weighted by molar-refractivity contribution is 7.57. The second-order valence-electron chi connectivity index (χ2n) is 4.42. The lowest BCUT2D eigenvalue weighted by molar-refractivity contribution is -0.166. The summed E-state index contributed by atoms with van der Waals surface area (Å²) in [5.74, 6) is -1.81. The van der Waals surface area contributed by atoms with Crippen LogP contribution in [0.1, 0.15) is 13.8 Å². The van der Waals surface area contributed by atoms with Gasteiger partial charge in [0.1, 0.15) is 5.85 Å². The van der Waals surface area contributed by atoms with E-state index in [2.05, 4.69) is 5.32 Å². The molecule has 0 fully saturated rings. The first-order chi connectivity index (χ1) is 7.64. The number of aliphatic hydroxyl groups is 1. The van der Waals surface area contributed by atoms with Crippen molar-refractivity contribution < 1.29 is 24.6 Å². The highest BCUT2D eigenvalue weighted by Crippen LogP contribution is 2.39. The molecule has 0 saturated carbocycles. The number of hydroxylamine groups is 2. The molecule has 0 aromatic rings. The SMILES string of the molecule is CC(C)CN(O)C(=O)CNCC(O)P(C)(=O)O. The summed E-state index contributed by atoms with van der Waals surface area (Å²) in [7, 11) is -3.56. The summed E-state index contributed by atoms with van der Waals surface area (Å²) in [6.07, 6.45) is 0. The van der Waals surface area contributed by atoms with E-state index in [4.69, 9.17) is 4.89 Å². The molecule has 0 aliphatic heterocycles. The first-order valence-corrected chi connectivity index (χ1v) is 7.50. The van der Waals surface area contributed by atoms with Gasteiger partial charge in [-0.05, 0) is 5.92 Å². The fraction of sp³-hybridized carbons (Fsp3) is 0.889. The Morgan fingerprint density at radius 2 is 2.00 bits per heavy atom. The third-order valence-corrected chi connectivity index (χ3v) is 3.27. The maximum Gasteiger partial charge on any atom is 0.259 e. The van der Waals surface area contributed by atoms with Crippen LogP contribution in [0.2, 0.25) is 0 Å². The molecule has 0 aromatic heterocycles. The minimum Gasteiger partial charge on any atom is -0.382 e. The Morgan fingerprint density at radius 3 is 2.41 bits per heavy atom. The predicted octanol–water partition coefficient (Wildman–Crippen LogP) is -0.332. The normalized spacial score (nSPS) is 16.6. The van der Waals surface area contributed by atoms with Crippen molar-refractivity contribution in [3.63, 3.8) is 0 Å². The Kier molecular flexibility index (Phi) is 6.89. The number of hydrogen-bond donors (Lipinski definition) is 4.